The van der Waals surface area contributed by atoms with Crippen molar-refractivity contribution in [1.29, 1.82) is 0 Å². The highest BCUT2D eigenvalue weighted by Crippen LogP contribution is 2.26. The minimum Gasteiger partial charge on any atom is -0.480 e. The Bertz CT molecular complexity index is 626. The Hall–Kier alpha value is -2.25. The zero-order valence-corrected chi connectivity index (χ0v) is 10.9. The van der Waals surface area contributed by atoms with Gasteiger partial charge in [-0.15, -0.1) is 6.42 Å². The average molecular weight is 276 g/mol. The molecule has 1 aromatic rings. The fraction of sp³-hybridized carbons (Fsp3) is 0.143. The second kappa shape index (κ2) is 5.59. The van der Waals surface area contributed by atoms with Crippen LogP contribution in [0.5, 0.6) is 5.75 Å². The molecule has 0 spiro atoms. The van der Waals surface area contributed by atoms with E-state index in [9.17, 15) is 4.79 Å². The number of ether oxygens (including phenoxy) is 1. The first-order valence-electron chi connectivity index (χ1n) is 5.45. The van der Waals surface area contributed by atoms with E-state index < -0.39 is 5.97 Å². The maximum atomic E-state index is 11.5. The Balaban J connectivity index is 2.41. The third-order valence-electron chi connectivity index (χ3n) is 2.46. The molecule has 4 nitrogen and oxygen atoms in total. The van der Waals surface area contributed by atoms with Crippen molar-refractivity contribution in [2.24, 2.45) is 5.16 Å². The molecule has 96 valence electrons. The summed E-state index contributed by atoms with van der Waals surface area (Å²) in [5.41, 5.74) is 1.52. The van der Waals surface area contributed by atoms with Gasteiger partial charge in [0.1, 0.15) is 12.4 Å². The van der Waals surface area contributed by atoms with Crippen LogP contribution in [0.15, 0.2) is 28.9 Å². The number of carbonyl (C=O) groups is 1. The first kappa shape index (κ1) is 13.2. The minimum atomic E-state index is -0.500. The normalized spacial score (nSPS) is 15.9. The van der Waals surface area contributed by atoms with Crippen molar-refractivity contribution in [2.75, 3.05) is 6.61 Å². The Morgan fingerprint density at radius 2 is 2.37 bits per heavy atom. The van der Waals surface area contributed by atoms with Gasteiger partial charge < -0.3 is 9.57 Å². The molecule has 2 rings (SSSR count). The van der Waals surface area contributed by atoms with Gasteiger partial charge in [-0.1, -0.05) is 22.7 Å². The van der Waals surface area contributed by atoms with Crippen LogP contribution in [0.3, 0.4) is 0 Å². The highest BCUT2D eigenvalue weighted by Gasteiger charge is 2.22. The molecule has 0 unspecified atom stereocenters. The number of terminal acetylenes is 1. The van der Waals surface area contributed by atoms with Gasteiger partial charge in [-0.05, 0) is 31.2 Å². The molecule has 1 aliphatic rings. The fourth-order valence-electron chi connectivity index (χ4n) is 1.56. The monoisotopic (exact) mass is 275 g/mol. The van der Waals surface area contributed by atoms with Crippen molar-refractivity contribution in [2.45, 2.75) is 6.92 Å². The van der Waals surface area contributed by atoms with Gasteiger partial charge in [0.05, 0.1) is 11.3 Å². The second-order valence-corrected chi connectivity index (χ2v) is 4.22. The lowest BCUT2D eigenvalue weighted by Crippen LogP contribution is -2.02. The Labute approximate surface area is 115 Å². The minimum absolute atomic E-state index is 0.134. The van der Waals surface area contributed by atoms with E-state index in [1.165, 1.54) is 0 Å². The lowest BCUT2D eigenvalue weighted by Gasteiger charge is -2.07. The highest BCUT2D eigenvalue weighted by molar-refractivity contribution is 6.31. The van der Waals surface area contributed by atoms with Crippen molar-refractivity contribution in [3.05, 3.63) is 34.4 Å². The lowest BCUT2D eigenvalue weighted by atomic mass is 10.1. The molecule has 0 aromatic heterocycles. The lowest BCUT2D eigenvalue weighted by molar-refractivity contribution is -0.136. The van der Waals surface area contributed by atoms with Crippen molar-refractivity contribution >= 4 is 29.4 Å². The van der Waals surface area contributed by atoms with E-state index in [1.54, 1.807) is 31.2 Å². The zero-order valence-electron chi connectivity index (χ0n) is 10.1. The molecule has 0 fully saturated rings. The molecule has 0 atom stereocenters. The van der Waals surface area contributed by atoms with Crippen LogP contribution in [0.1, 0.15) is 12.5 Å². The maximum absolute atomic E-state index is 11.5. The van der Waals surface area contributed by atoms with Crippen molar-refractivity contribution in [3.63, 3.8) is 0 Å². The zero-order chi connectivity index (χ0) is 13.8. The molecule has 0 bridgehead atoms. The van der Waals surface area contributed by atoms with Gasteiger partial charge in [0.15, 0.2) is 0 Å². The van der Waals surface area contributed by atoms with Gasteiger partial charge in [-0.3, -0.25) is 0 Å². The standard InChI is InChI=1S/C14H10ClNO3/c1-3-6-18-13-5-4-11(15)7-10(13)8-12-9(2)16-19-14(12)17/h1,4-5,7-8H,6H2,2H3/b12-8-. The van der Waals surface area contributed by atoms with Crippen LogP contribution in [0.2, 0.25) is 5.02 Å². The topological polar surface area (TPSA) is 47.9 Å². The fourth-order valence-corrected chi connectivity index (χ4v) is 1.74. The van der Waals surface area contributed by atoms with Gasteiger partial charge in [-0.2, -0.15) is 0 Å². The molecular weight excluding hydrogens is 266 g/mol. The summed E-state index contributed by atoms with van der Waals surface area (Å²) >= 11 is 5.94. The molecule has 1 heterocycles. The summed E-state index contributed by atoms with van der Waals surface area (Å²) in [6.45, 7) is 1.82. The van der Waals surface area contributed by atoms with Crippen molar-refractivity contribution < 1.29 is 14.4 Å². The van der Waals surface area contributed by atoms with Crippen LogP contribution in [-0.2, 0) is 9.63 Å². The first-order chi connectivity index (χ1) is 9.11. The molecule has 1 aromatic carbocycles. The Morgan fingerprint density at radius 3 is 3.00 bits per heavy atom. The second-order valence-electron chi connectivity index (χ2n) is 3.79. The number of rotatable bonds is 3. The molecule has 19 heavy (non-hydrogen) atoms. The van der Waals surface area contributed by atoms with E-state index in [4.69, 9.17) is 22.8 Å². The third-order valence-corrected chi connectivity index (χ3v) is 2.69. The predicted octanol–water partition coefficient (Wildman–Crippen LogP) is 2.67. The molecule has 5 heteroatoms. The van der Waals surface area contributed by atoms with Crippen LogP contribution < -0.4 is 4.74 Å². The van der Waals surface area contributed by atoms with Gasteiger partial charge in [0, 0.05) is 10.6 Å². The number of oxime groups is 1. The number of halogens is 1. The molecule has 1 aliphatic heterocycles. The van der Waals surface area contributed by atoms with Crippen LogP contribution in [0, 0.1) is 12.3 Å². The Morgan fingerprint density at radius 1 is 1.58 bits per heavy atom. The first-order valence-corrected chi connectivity index (χ1v) is 5.83. The van der Waals surface area contributed by atoms with Crippen LogP contribution >= 0.6 is 11.6 Å². The third kappa shape index (κ3) is 2.95. The predicted molar refractivity (Wildman–Crippen MR) is 73.0 cm³/mol. The summed E-state index contributed by atoms with van der Waals surface area (Å²) in [6.07, 6.45) is 6.77. The summed E-state index contributed by atoms with van der Waals surface area (Å²) in [4.78, 5) is 16.1. The quantitative estimate of drug-likeness (QED) is 0.484. The molecule has 0 radical (unpaired) electrons. The molecule has 0 saturated heterocycles. The highest BCUT2D eigenvalue weighted by atomic mass is 35.5. The number of hydrogen-bond donors (Lipinski definition) is 0. The van der Waals surface area contributed by atoms with E-state index in [-0.39, 0.29) is 6.61 Å². The number of hydrogen-bond acceptors (Lipinski definition) is 4. The largest absolute Gasteiger partial charge is 0.480 e. The van der Waals surface area contributed by atoms with Crippen LogP contribution in [-0.4, -0.2) is 18.3 Å². The van der Waals surface area contributed by atoms with E-state index in [1.807, 2.05) is 0 Å². The molecule has 0 saturated carbocycles. The SMILES string of the molecule is C#CCOc1ccc(Cl)cc1/C=C1\C(=O)ON=C1C. The smallest absolute Gasteiger partial charge is 0.367 e. The van der Waals surface area contributed by atoms with E-state index in [0.29, 0.717) is 27.6 Å². The van der Waals surface area contributed by atoms with Gasteiger partial charge in [-0.25, -0.2) is 4.79 Å². The number of carbonyl (C=O) groups excluding carboxylic acids is 1. The summed E-state index contributed by atoms with van der Waals surface area (Å²) in [5.74, 6) is 2.42. The maximum Gasteiger partial charge on any atom is 0.367 e. The average Bonchev–Trinajstić information content (AvgIpc) is 2.70. The van der Waals surface area contributed by atoms with E-state index in [0.717, 1.165) is 0 Å². The van der Waals surface area contributed by atoms with E-state index in [2.05, 4.69) is 15.9 Å². The van der Waals surface area contributed by atoms with Crippen molar-refractivity contribution in [1.82, 2.24) is 0 Å². The summed E-state index contributed by atoms with van der Waals surface area (Å²) in [7, 11) is 0. The molecule has 0 aliphatic carbocycles. The number of nitrogens with zero attached hydrogens (tertiary/aromatic N) is 1. The van der Waals surface area contributed by atoms with Gasteiger partial charge in [0.25, 0.3) is 0 Å². The molecular formula is C14H10ClNO3. The number of benzene rings is 1. The molecule has 0 amide bonds. The van der Waals surface area contributed by atoms with Gasteiger partial charge in [0.2, 0.25) is 0 Å². The van der Waals surface area contributed by atoms with Crippen LogP contribution in [0.4, 0.5) is 0 Å². The van der Waals surface area contributed by atoms with Gasteiger partial charge >= 0.3 is 5.97 Å². The van der Waals surface area contributed by atoms with Crippen LogP contribution in [0.25, 0.3) is 6.08 Å². The summed E-state index contributed by atoms with van der Waals surface area (Å²) in [6, 6.07) is 5.06. The molecule has 0 N–H and O–H groups in total. The van der Waals surface area contributed by atoms with E-state index >= 15 is 0 Å². The van der Waals surface area contributed by atoms with Crippen molar-refractivity contribution in [3.8, 4) is 18.1 Å². The summed E-state index contributed by atoms with van der Waals surface area (Å²) < 4.78 is 5.39. The Kier molecular flexibility index (Phi) is 3.88. The summed E-state index contributed by atoms with van der Waals surface area (Å²) in [5, 5.41) is 4.13.